The van der Waals surface area contributed by atoms with Crippen molar-refractivity contribution < 1.29 is 15.0 Å². The van der Waals surface area contributed by atoms with Gasteiger partial charge in [-0.2, -0.15) is 0 Å². The molecule has 0 aromatic heterocycles. The van der Waals surface area contributed by atoms with Gasteiger partial charge in [0.15, 0.2) is 0 Å². The molecule has 4 nitrogen and oxygen atoms in total. The van der Waals surface area contributed by atoms with E-state index in [0.717, 1.165) is 51.4 Å². The summed E-state index contributed by atoms with van der Waals surface area (Å²) in [5.74, 6) is -0.0669. The SMILES string of the molecule is CC/C=C\C/C=C\C/C=C\C/C=C\CCCCCCCCCCCCCCCCCCCCC(=O)NC(CO)C(O)/C=C/CCCCCCCCC. The summed E-state index contributed by atoms with van der Waals surface area (Å²) in [7, 11) is 0. The summed E-state index contributed by atoms with van der Waals surface area (Å²) < 4.78 is 0. The third-order valence-corrected chi connectivity index (χ3v) is 10.0. The van der Waals surface area contributed by atoms with Crippen LogP contribution in [0.15, 0.2) is 60.8 Å². The highest BCUT2D eigenvalue weighted by Crippen LogP contribution is 2.15. The van der Waals surface area contributed by atoms with E-state index in [1.54, 1.807) is 6.08 Å². The fourth-order valence-corrected chi connectivity index (χ4v) is 6.58. The largest absolute Gasteiger partial charge is 0.394 e. The Bertz CT molecular complexity index is 873. The number of nitrogens with one attached hydrogen (secondary N) is 1. The van der Waals surface area contributed by atoms with Crippen LogP contribution in [0.3, 0.4) is 0 Å². The first-order chi connectivity index (χ1) is 25.7. The predicted octanol–water partition coefficient (Wildman–Crippen LogP) is 14.1. The summed E-state index contributed by atoms with van der Waals surface area (Å²) in [5, 5.41) is 22.9. The second kappa shape index (κ2) is 43.5. The maximum atomic E-state index is 12.3. The van der Waals surface area contributed by atoms with Gasteiger partial charge in [-0.25, -0.2) is 0 Å². The van der Waals surface area contributed by atoms with Crippen LogP contribution in [-0.2, 0) is 4.79 Å². The van der Waals surface area contributed by atoms with Gasteiger partial charge in [-0.15, -0.1) is 0 Å². The fraction of sp³-hybridized carbons (Fsp3) is 0.771. The Morgan fingerprint density at radius 3 is 1.27 bits per heavy atom. The summed E-state index contributed by atoms with van der Waals surface area (Å²) in [6.45, 7) is 4.16. The third-order valence-electron chi connectivity index (χ3n) is 10.0. The summed E-state index contributed by atoms with van der Waals surface area (Å²) in [4.78, 5) is 12.3. The molecule has 0 spiro atoms. The first kappa shape index (κ1) is 50.1. The van der Waals surface area contributed by atoms with Crippen LogP contribution in [-0.4, -0.2) is 34.9 Å². The molecule has 1 amide bonds. The Balaban J connectivity index is 3.45. The number of aliphatic hydroxyl groups excluding tert-OH is 2. The Hall–Kier alpha value is -1.91. The molecule has 0 aliphatic heterocycles. The number of hydrogen-bond donors (Lipinski definition) is 3. The van der Waals surface area contributed by atoms with Gasteiger partial charge in [0.2, 0.25) is 5.91 Å². The summed E-state index contributed by atoms with van der Waals surface area (Å²) in [5.41, 5.74) is 0. The number of unbranched alkanes of at least 4 members (excludes halogenated alkanes) is 25. The molecule has 0 aromatic carbocycles. The van der Waals surface area contributed by atoms with Crippen molar-refractivity contribution in [2.75, 3.05) is 6.61 Å². The van der Waals surface area contributed by atoms with E-state index in [0.29, 0.717) is 6.42 Å². The fourth-order valence-electron chi connectivity index (χ4n) is 6.58. The average Bonchev–Trinajstić information content (AvgIpc) is 3.15. The van der Waals surface area contributed by atoms with E-state index in [4.69, 9.17) is 0 Å². The van der Waals surface area contributed by atoms with E-state index in [9.17, 15) is 15.0 Å². The minimum absolute atomic E-state index is 0.0669. The van der Waals surface area contributed by atoms with Gasteiger partial charge in [0.05, 0.1) is 18.8 Å². The molecule has 0 rings (SSSR count). The number of carbonyl (C=O) groups is 1. The molecule has 0 aliphatic carbocycles. The van der Waals surface area contributed by atoms with Crippen LogP contribution in [0.1, 0.15) is 219 Å². The lowest BCUT2D eigenvalue weighted by atomic mass is 10.0. The minimum Gasteiger partial charge on any atom is -0.394 e. The van der Waals surface area contributed by atoms with Crippen LogP contribution >= 0.6 is 0 Å². The molecule has 3 N–H and O–H groups in total. The van der Waals surface area contributed by atoms with Gasteiger partial charge in [0.1, 0.15) is 0 Å². The molecule has 0 fully saturated rings. The summed E-state index contributed by atoms with van der Waals surface area (Å²) in [6, 6.07) is -0.620. The van der Waals surface area contributed by atoms with Gasteiger partial charge in [0, 0.05) is 6.42 Å². The highest BCUT2D eigenvalue weighted by atomic mass is 16.3. The van der Waals surface area contributed by atoms with Crippen LogP contribution in [0.4, 0.5) is 0 Å². The molecule has 2 atom stereocenters. The Kier molecular flexibility index (Phi) is 41.9. The van der Waals surface area contributed by atoms with Crippen molar-refractivity contribution in [3.8, 4) is 0 Å². The van der Waals surface area contributed by atoms with Crippen LogP contribution in [0, 0.1) is 0 Å². The number of rotatable bonds is 40. The number of aliphatic hydroxyl groups is 2. The first-order valence-electron chi connectivity index (χ1n) is 22.5. The maximum Gasteiger partial charge on any atom is 0.220 e. The minimum atomic E-state index is -0.836. The summed E-state index contributed by atoms with van der Waals surface area (Å²) in [6.07, 6.45) is 60.6. The van der Waals surface area contributed by atoms with Crippen LogP contribution < -0.4 is 5.32 Å². The molecule has 0 saturated heterocycles. The highest BCUT2D eigenvalue weighted by Gasteiger charge is 2.17. The molecule has 302 valence electrons. The molecule has 4 heteroatoms. The van der Waals surface area contributed by atoms with Gasteiger partial charge < -0.3 is 15.5 Å². The predicted molar refractivity (Wildman–Crippen MR) is 230 cm³/mol. The number of amides is 1. The van der Waals surface area contributed by atoms with Crippen molar-refractivity contribution in [3.63, 3.8) is 0 Å². The molecular formula is C48H87NO3. The molecule has 0 aliphatic rings. The average molecular weight is 726 g/mol. The maximum absolute atomic E-state index is 12.3. The van der Waals surface area contributed by atoms with Crippen LogP contribution in [0.5, 0.6) is 0 Å². The van der Waals surface area contributed by atoms with E-state index in [1.165, 1.54) is 148 Å². The highest BCUT2D eigenvalue weighted by molar-refractivity contribution is 5.76. The quantitative estimate of drug-likeness (QED) is 0.0435. The normalized spacial score (nSPS) is 13.5. The summed E-state index contributed by atoms with van der Waals surface area (Å²) >= 11 is 0. The van der Waals surface area contributed by atoms with Gasteiger partial charge in [0.25, 0.3) is 0 Å². The topological polar surface area (TPSA) is 69.6 Å². The molecule has 0 saturated carbocycles. The lowest BCUT2D eigenvalue weighted by Gasteiger charge is -2.20. The smallest absolute Gasteiger partial charge is 0.220 e. The second-order valence-electron chi connectivity index (χ2n) is 15.1. The Morgan fingerprint density at radius 2 is 0.846 bits per heavy atom. The van der Waals surface area contributed by atoms with E-state index in [2.05, 4.69) is 67.8 Å². The molecule has 0 bridgehead atoms. The lowest BCUT2D eigenvalue weighted by molar-refractivity contribution is -0.123. The van der Waals surface area contributed by atoms with Crippen LogP contribution in [0.25, 0.3) is 0 Å². The lowest BCUT2D eigenvalue weighted by Crippen LogP contribution is -2.45. The van der Waals surface area contributed by atoms with Crippen molar-refractivity contribution >= 4 is 5.91 Å². The van der Waals surface area contributed by atoms with Crippen LogP contribution in [0.2, 0.25) is 0 Å². The standard InChI is InChI=1S/C48H87NO3/c1-3-5-7-9-11-13-14-15-16-17-18-19-20-21-22-23-24-25-26-27-28-29-30-31-32-33-34-36-38-40-42-44-48(52)49-46(45-50)47(51)43-41-39-37-35-12-10-8-6-4-2/h5,7,11,13,15-16,18-19,41,43,46-47,50-51H,3-4,6,8-10,12,14,17,20-40,42,44-45H2,1-2H3,(H,49,52)/b7-5-,13-11-,16-15-,19-18-,43-41+. The van der Waals surface area contributed by atoms with E-state index in [1.807, 2.05) is 6.08 Å². The van der Waals surface area contributed by atoms with E-state index < -0.39 is 12.1 Å². The van der Waals surface area contributed by atoms with Gasteiger partial charge >= 0.3 is 0 Å². The van der Waals surface area contributed by atoms with Crippen molar-refractivity contribution in [1.29, 1.82) is 0 Å². The second-order valence-corrected chi connectivity index (χ2v) is 15.1. The van der Waals surface area contributed by atoms with E-state index in [-0.39, 0.29) is 12.5 Å². The van der Waals surface area contributed by atoms with Gasteiger partial charge in [-0.1, -0.05) is 216 Å². The van der Waals surface area contributed by atoms with Gasteiger partial charge in [-0.05, 0) is 57.8 Å². The number of allylic oxidation sites excluding steroid dienone is 9. The number of carbonyl (C=O) groups excluding carboxylic acids is 1. The zero-order valence-corrected chi connectivity index (χ0v) is 34.6. The number of hydrogen-bond acceptors (Lipinski definition) is 3. The molecule has 0 heterocycles. The zero-order valence-electron chi connectivity index (χ0n) is 34.6. The monoisotopic (exact) mass is 726 g/mol. The van der Waals surface area contributed by atoms with E-state index >= 15 is 0 Å². The molecular weight excluding hydrogens is 639 g/mol. The third kappa shape index (κ3) is 39.3. The Labute approximate surface area is 324 Å². The first-order valence-corrected chi connectivity index (χ1v) is 22.5. The zero-order chi connectivity index (χ0) is 37.8. The Morgan fingerprint density at radius 1 is 0.481 bits per heavy atom. The molecule has 0 aromatic rings. The molecule has 2 unspecified atom stereocenters. The van der Waals surface area contributed by atoms with Crippen molar-refractivity contribution in [1.82, 2.24) is 5.32 Å². The molecule has 52 heavy (non-hydrogen) atoms. The van der Waals surface area contributed by atoms with Crippen molar-refractivity contribution in [3.05, 3.63) is 60.8 Å². The van der Waals surface area contributed by atoms with Crippen molar-refractivity contribution in [2.45, 2.75) is 231 Å². The molecule has 0 radical (unpaired) electrons. The van der Waals surface area contributed by atoms with Crippen molar-refractivity contribution in [2.24, 2.45) is 0 Å². The van der Waals surface area contributed by atoms with Gasteiger partial charge in [-0.3, -0.25) is 4.79 Å².